The summed E-state index contributed by atoms with van der Waals surface area (Å²) in [7, 11) is 0. The van der Waals surface area contributed by atoms with E-state index in [1.54, 1.807) is 13.0 Å². The Kier molecular flexibility index (Phi) is 4.43. The van der Waals surface area contributed by atoms with E-state index in [-0.39, 0.29) is 11.9 Å². The molecule has 0 bridgehead atoms. The van der Waals surface area contributed by atoms with Crippen LogP contribution in [0.2, 0.25) is 0 Å². The fraction of sp³-hybridized carbons (Fsp3) is 0.571. The zero-order valence-corrected chi connectivity index (χ0v) is 11.2. The van der Waals surface area contributed by atoms with Crippen LogP contribution in [0.1, 0.15) is 44.1 Å². The second-order valence-corrected chi connectivity index (χ2v) is 5.35. The molecule has 0 saturated heterocycles. The second kappa shape index (κ2) is 5.89. The van der Waals surface area contributed by atoms with Gasteiger partial charge in [0.1, 0.15) is 0 Å². The van der Waals surface area contributed by atoms with Gasteiger partial charge < -0.3 is 17.7 Å². The van der Waals surface area contributed by atoms with Gasteiger partial charge in [-0.15, -0.1) is 0 Å². The number of benzene rings is 1. The number of aryl methyl sites for hydroxylation is 1. The summed E-state index contributed by atoms with van der Waals surface area (Å²) >= 11 is 0. The van der Waals surface area contributed by atoms with Crippen molar-refractivity contribution in [2.75, 3.05) is 0 Å². The van der Waals surface area contributed by atoms with E-state index in [4.69, 9.17) is 4.74 Å². The van der Waals surface area contributed by atoms with E-state index in [1.165, 1.54) is 12.1 Å². The molecule has 0 atom stereocenters. The number of halogens is 3. The number of rotatable bonds is 3. The molecule has 2 rings (SSSR count). The minimum Gasteiger partial charge on any atom is -0.493 e. The van der Waals surface area contributed by atoms with Crippen molar-refractivity contribution in [3.63, 3.8) is 0 Å². The Labute approximate surface area is 112 Å². The van der Waals surface area contributed by atoms with E-state index in [2.05, 4.69) is 0 Å². The van der Waals surface area contributed by atoms with Crippen molar-refractivity contribution in [2.45, 2.75) is 51.6 Å². The van der Waals surface area contributed by atoms with E-state index in [9.17, 15) is 12.9 Å². The van der Waals surface area contributed by atoms with Crippen LogP contribution in [0.15, 0.2) is 18.2 Å². The van der Waals surface area contributed by atoms with Crippen LogP contribution in [0.3, 0.4) is 0 Å². The van der Waals surface area contributed by atoms with Gasteiger partial charge in [0.2, 0.25) is 0 Å². The molecule has 1 saturated carbocycles. The van der Waals surface area contributed by atoms with E-state index in [0.717, 1.165) is 38.5 Å². The van der Waals surface area contributed by atoms with Gasteiger partial charge in [0.15, 0.2) is 0 Å². The first kappa shape index (κ1) is 14.3. The maximum atomic E-state index is 13.0. The average molecular weight is 271 g/mol. The van der Waals surface area contributed by atoms with Gasteiger partial charge in [-0.05, 0) is 38.7 Å². The number of ether oxygens (including phenoxy) is 1. The molecule has 1 aliphatic rings. The third-order valence-electron chi connectivity index (χ3n) is 3.61. The van der Waals surface area contributed by atoms with Crippen LogP contribution in [0.5, 0.6) is 5.75 Å². The Balaban J connectivity index is 2.19. The summed E-state index contributed by atoms with van der Waals surface area (Å²) < 4.78 is 44.8. The van der Waals surface area contributed by atoms with Crippen molar-refractivity contribution in [3.8, 4) is 5.75 Å². The molecule has 1 aromatic rings. The normalized spacial score (nSPS) is 18.1. The third kappa shape index (κ3) is 3.92. The molecule has 0 aromatic heterocycles. The fourth-order valence-corrected chi connectivity index (χ4v) is 2.57. The monoisotopic (exact) mass is 271 g/mol. The Hall–Kier alpha value is -1.13. The Morgan fingerprint density at radius 2 is 1.68 bits per heavy atom. The molecule has 0 spiro atoms. The summed E-state index contributed by atoms with van der Waals surface area (Å²) in [4.78, 5) is 0. The van der Waals surface area contributed by atoms with Crippen LogP contribution in [0, 0.1) is 6.92 Å². The smallest absolute Gasteiger partial charge is 0.493 e. The number of hydrogen-bond donors (Lipinski definition) is 0. The van der Waals surface area contributed by atoms with Gasteiger partial charge in [0.25, 0.3) is 0 Å². The topological polar surface area (TPSA) is 9.23 Å². The summed E-state index contributed by atoms with van der Waals surface area (Å²) in [6, 6.07) is 4.33. The van der Waals surface area contributed by atoms with Crippen LogP contribution in [0.4, 0.5) is 12.9 Å². The van der Waals surface area contributed by atoms with E-state index < -0.39 is 12.4 Å². The van der Waals surface area contributed by atoms with Crippen LogP contribution >= 0.6 is 0 Å². The molecule has 19 heavy (non-hydrogen) atoms. The molecular formula is C14H19BF3O-. The Bertz CT molecular complexity index is 423. The molecule has 0 radical (unpaired) electrons. The molecule has 0 heterocycles. The average Bonchev–Trinajstić information content (AvgIpc) is 2.59. The minimum absolute atomic E-state index is 0.00463. The summed E-state index contributed by atoms with van der Waals surface area (Å²) in [6.07, 6.45) is 6.05. The zero-order valence-electron chi connectivity index (χ0n) is 11.2. The van der Waals surface area contributed by atoms with Crippen molar-refractivity contribution in [2.24, 2.45) is 0 Å². The van der Waals surface area contributed by atoms with Crippen LogP contribution < -0.4 is 10.2 Å². The quantitative estimate of drug-likeness (QED) is 0.592. The highest BCUT2D eigenvalue weighted by atomic mass is 19.4. The number of hydrogen-bond acceptors (Lipinski definition) is 1. The molecular weight excluding hydrogens is 252 g/mol. The molecule has 1 aliphatic carbocycles. The zero-order chi connectivity index (χ0) is 13.9. The van der Waals surface area contributed by atoms with Gasteiger partial charge in [0, 0.05) is 0 Å². The van der Waals surface area contributed by atoms with Gasteiger partial charge in [-0.1, -0.05) is 36.0 Å². The van der Waals surface area contributed by atoms with Gasteiger partial charge >= 0.3 is 6.98 Å². The Morgan fingerprint density at radius 1 is 1.05 bits per heavy atom. The molecule has 0 N–H and O–H groups in total. The summed E-state index contributed by atoms with van der Waals surface area (Å²) in [5, 5.41) is 0. The maximum Gasteiger partial charge on any atom is 0.513 e. The van der Waals surface area contributed by atoms with Gasteiger partial charge in [0.05, 0.1) is 11.9 Å². The van der Waals surface area contributed by atoms with E-state index in [0.29, 0.717) is 5.56 Å². The molecule has 1 fully saturated rings. The van der Waals surface area contributed by atoms with E-state index in [1.807, 2.05) is 0 Å². The second-order valence-electron chi connectivity index (χ2n) is 5.35. The molecule has 0 unspecified atom stereocenters. The SMILES string of the molecule is Cc1ccc(OC2CCCCCC2)c([B-](F)(F)F)c1. The first-order valence-corrected chi connectivity index (χ1v) is 6.94. The van der Waals surface area contributed by atoms with Crippen molar-refractivity contribution in [1.29, 1.82) is 0 Å². The largest absolute Gasteiger partial charge is 0.513 e. The summed E-state index contributed by atoms with van der Waals surface area (Å²) in [5.74, 6) is 0.00463. The van der Waals surface area contributed by atoms with Gasteiger partial charge in [-0.25, -0.2) is 0 Å². The van der Waals surface area contributed by atoms with Crippen molar-refractivity contribution < 1.29 is 17.7 Å². The van der Waals surface area contributed by atoms with Crippen molar-refractivity contribution in [3.05, 3.63) is 23.8 Å². The lowest BCUT2D eigenvalue weighted by Crippen LogP contribution is -2.36. The first-order valence-electron chi connectivity index (χ1n) is 6.94. The Morgan fingerprint density at radius 3 is 2.26 bits per heavy atom. The third-order valence-corrected chi connectivity index (χ3v) is 3.61. The summed E-state index contributed by atoms with van der Waals surface area (Å²) in [5.41, 5.74) is 0.0201. The molecule has 0 amide bonds. The lowest BCUT2D eigenvalue weighted by atomic mass is 9.78. The molecule has 1 nitrogen and oxygen atoms in total. The van der Waals surface area contributed by atoms with Crippen LogP contribution in [-0.2, 0) is 0 Å². The van der Waals surface area contributed by atoms with Crippen molar-refractivity contribution >= 4 is 12.4 Å². The molecule has 5 heteroatoms. The predicted octanol–water partition coefficient (Wildman–Crippen LogP) is 4.15. The van der Waals surface area contributed by atoms with Crippen LogP contribution in [-0.4, -0.2) is 13.1 Å². The summed E-state index contributed by atoms with van der Waals surface area (Å²) in [6.45, 7) is -3.35. The van der Waals surface area contributed by atoms with E-state index >= 15 is 0 Å². The van der Waals surface area contributed by atoms with Crippen LogP contribution in [0.25, 0.3) is 0 Å². The maximum absolute atomic E-state index is 13.0. The van der Waals surface area contributed by atoms with Gasteiger partial charge in [-0.2, -0.15) is 0 Å². The first-order chi connectivity index (χ1) is 8.97. The van der Waals surface area contributed by atoms with Gasteiger partial charge in [-0.3, -0.25) is 0 Å². The highest BCUT2D eigenvalue weighted by molar-refractivity contribution is 6.74. The molecule has 106 valence electrons. The van der Waals surface area contributed by atoms with Crippen molar-refractivity contribution in [1.82, 2.24) is 0 Å². The molecule has 1 aromatic carbocycles. The lowest BCUT2D eigenvalue weighted by Gasteiger charge is -2.24. The highest BCUT2D eigenvalue weighted by Gasteiger charge is 2.30. The molecule has 0 aliphatic heterocycles. The predicted molar refractivity (Wildman–Crippen MR) is 72.0 cm³/mol. The standard InChI is InChI=1S/C14H19BF3O/c1-11-8-9-14(13(10-11)15(16,17)18)19-12-6-4-2-3-5-7-12/h8-10,12H,2-7H2,1H3/q-1. The minimum atomic E-state index is -5.02. The lowest BCUT2D eigenvalue weighted by molar-refractivity contribution is 0.184. The fourth-order valence-electron chi connectivity index (χ4n) is 2.57. The highest BCUT2D eigenvalue weighted by Crippen LogP contribution is 2.25.